The molecule has 0 bridgehead atoms. The van der Waals surface area contributed by atoms with Crippen molar-refractivity contribution >= 4 is 11.9 Å². The molecule has 6 nitrogen and oxygen atoms in total. The fourth-order valence-corrected chi connectivity index (χ4v) is 0.824. The van der Waals surface area contributed by atoms with Crippen molar-refractivity contribution in [2.45, 2.75) is 38.5 Å². The highest BCUT2D eigenvalue weighted by molar-refractivity contribution is 5.86. The maximum atomic E-state index is 11.1. The molecule has 14 heavy (non-hydrogen) atoms. The predicted molar refractivity (Wildman–Crippen MR) is 47.5 cm³/mol. The van der Waals surface area contributed by atoms with Gasteiger partial charge in [0.05, 0.1) is 6.10 Å². The van der Waals surface area contributed by atoms with E-state index < -0.39 is 30.1 Å². The number of hydrogen-bond acceptors (Lipinski definition) is 4. The van der Waals surface area contributed by atoms with E-state index in [-0.39, 0.29) is 6.42 Å². The Kier molecular flexibility index (Phi) is 5.11. The minimum atomic E-state index is -1.39. The van der Waals surface area contributed by atoms with Crippen molar-refractivity contribution in [1.82, 2.24) is 5.32 Å². The average Bonchev–Trinajstić information content (AvgIpc) is 2.11. The van der Waals surface area contributed by atoms with Gasteiger partial charge in [-0.15, -0.1) is 0 Å². The molecule has 82 valence electrons. The van der Waals surface area contributed by atoms with Crippen LogP contribution in [-0.2, 0) is 9.59 Å². The van der Waals surface area contributed by atoms with E-state index in [9.17, 15) is 9.59 Å². The Balaban J connectivity index is 4.31. The number of carbonyl (C=O) groups is 2. The van der Waals surface area contributed by atoms with Gasteiger partial charge in [0, 0.05) is 0 Å². The Hall–Kier alpha value is -1.14. The van der Waals surface area contributed by atoms with Crippen LogP contribution in [0.3, 0.4) is 0 Å². The van der Waals surface area contributed by atoms with Crippen LogP contribution in [-0.4, -0.2) is 45.4 Å². The smallest absolute Gasteiger partial charge is 0.328 e. The molecule has 0 rings (SSSR count). The van der Waals surface area contributed by atoms with Gasteiger partial charge in [0.15, 0.2) is 6.04 Å². The first-order valence-corrected chi connectivity index (χ1v) is 4.29. The molecule has 1 amide bonds. The summed E-state index contributed by atoms with van der Waals surface area (Å²) in [7, 11) is 0. The SMILES string of the molecule is CCC(O)C(=O)N[C@H](C(=O)O)[C@@H](C)O. The fraction of sp³-hybridized carbons (Fsp3) is 0.750. The molecule has 0 fully saturated rings. The molecule has 0 aliphatic carbocycles. The first-order valence-electron chi connectivity index (χ1n) is 4.29. The van der Waals surface area contributed by atoms with Gasteiger partial charge in [-0.2, -0.15) is 0 Å². The van der Waals surface area contributed by atoms with E-state index in [0.717, 1.165) is 0 Å². The van der Waals surface area contributed by atoms with Crippen LogP contribution in [0, 0.1) is 0 Å². The summed E-state index contributed by atoms with van der Waals surface area (Å²) in [5, 5.41) is 28.7. The van der Waals surface area contributed by atoms with Crippen molar-refractivity contribution in [2.75, 3.05) is 0 Å². The molecule has 0 saturated heterocycles. The van der Waals surface area contributed by atoms with Gasteiger partial charge in [0.25, 0.3) is 0 Å². The number of carbonyl (C=O) groups excluding carboxylic acids is 1. The van der Waals surface area contributed by atoms with Crippen molar-refractivity contribution < 1.29 is 24.9 Å². The first-order chi connectivity index (χ1) is 6.40. The van der Waals surface area contributed by atoms with Crippen LogP contribution in [0.1, 0.15) is 20.3 Å². The number of aliphatic hydroxyl groups excluding tert-OH is 2. The Morgan fingerprint density at radius 3 is 2.14 bits per heavy atom. The molecule has 0 aliphatic heterocycles. The second-order valence-electron chi connectivity index (χ2n) is 2.99. The maximum absolute atomic E-state index is 11.1. The van der Waals surface area contributed by atoms with Gasteiger partial charge >= 0.3 is 5.97 Å². The summed E-state index contributed by atoms with van der Waals surface area (Å²) >= 11 is 0. The lowest BCUT2D eigenvalue weighted by atomic mass is 10.1. The van der Waals surface area contributed by atoms with Crippen molar-refractivity contribution in [2.24, 2.45) is 0 Å². The first kappa shape index (κ1) is 12.9. The highest BCUT2D eigenvalue weighted by Gasteiger charge is 2.26. The molecule has 0 heterocycles. The van der Waals surface area contributed by atoms with Crippen LogP contribution >= 0.6 is 0 Å². The zero-order valence-corrected chi connectivity index (χ0v) is 8.10. The van der Waals surface area contributed by atoms with Gasteiger partial charge in [-0.25, -0.2) is 4.79 Å². The number of aliphatic hydroxyl groups is 2. The summed E-state index contributed by atoms with van der Waals surface area (Å²) in [6.45, 7) is 2.83. The lowest BCUT2D eigenvalue weighted by molar-refractivity contribution is -0.146. The van der Waals surface area contributed by atoms with E-state index in [1.54, 1.807) is 6.92 Å². The molecule has 3 atom stereocenters. The second-order valence-corrected chi connectivity index (χ2v) is 2.99. The second kappa shape index (κ2) is 5.56. The monoisotopic (exact) mass is 205 g/mol. The number of rotatable bonds is 5. The third kappa shape index (κ3) is 3.71. The Bertz CT molecular complexity index is 216. The molecule has 0 spiro atoms. The van der Waals surface area contributed by atoms with E-state index in [1.165, 1.54) is 6.92 Å². The van der Waals surface area contributed by atoms with Gasteiger partial charge < -0.3 is 20.6 Å². The third-order valence-corrected chi connectivity index (χ3v) is 1.74. The molecule has 0 aromatic carbocycles. The standard InChI is InChI=1S/C8H15NO5/c1-3-5(11)7(12)9-6(4(2)10)8(13)14/h4-6,10-11H,3H2,1-2H3,(H,9,12)(H,13,14)/t4-,5?,6+/m1/s1. The number of amides is 1. The van der Waals surface area contributed by atoms with E-state index in [2.05, 4.69) is 0 Å². The van der Waals surface area contributed by atoms with E-state index >= 15 is 0 Å². The Morgan fingerprint density at radius 1 is 1.36 bits per heavy atom. The molecule has 0 saturated carbocycles. The number of aliphatic carboxylic acids is 1. The molecule has 6 heteroatoms. The van der Waals surface area contributed by atoms with Crippen molar-refractivity contribution in [3.63, 3.8) is 0 Å². The minimum Gasteiger partial charge on any atom is -0.480 e. The summed E-state index contributed by atoms with van der Waals surface area (Å²) in [6, 6.07) is -1.39. The highest BCUT2D eigenvalue weighted by atomic mass is 16.4. The Morgan fingerprint density at radius 2 is 1.86 bits per heavy atom. The molecule has 4 N–H and O–H groups in total. The lowest BCUT2D eigenvalue weighted by Crippen LogP contribution is -2.50. The van der Waals surface area contributed by atoms with Gasteiger partial charge in [-0.05, 0) is 13.3 Å². The van der Waals surface area contributed by atoms with E-state index in [0.29, 0.717) is 0 Å². The van der Waals surface area contributed by atoms with Crippen molar-refractivity contribution in [1.29, 1.82) is 0 Å². The van der Waals surface area contributed by atoms with Crippen LogP contribution in [0.4, 0.5) is 0 Å². The largest absolute Gasteiger partial charge is 0.480 e. The number of carboxylic acid groups (broad SMARTS) is 1. The number of carboxylic acids is 1. The van der Waals surface area contributed by atoms with E-state index in [1.807, 2.05) is 5.32 Å². The fourth-order valence-electron chi connectivity index (χ4n) is 0.824. The predicted octanol–water partition coefficient (Wildman–Crippen LogP) is -1.29. The van der Waals surface area contributed by atoms with Crippen LogP contribution in [0.25, 0.3) is 0 Å². The summed E-state index contributed by atoms with van der Waals surface area (Å²) in [5.74, 6) is -2.13. The summed E-state index contributed by atoms with van der Waals surface area (Å²) in [6.07, 6.45) is -2.26. The summed E-state index contributed by atoms with van der Waals surface area (Å²) in [4.78, 5) is 21.6. The van der Waals surface area contributed by atoms with Gasteiger partial charge in [0.1, 0.15) is 6.10 Å². The average molecular weight is 205 g/mol. The zero-order chi connectivity index (χ0) is 11.3. The topological polar surface area (TPSA) is 107 Å². The molecular weight excluding hydrogens is 190 g/mol. The lowest BCUT2D eigenvalue weighted by Gasteiger charge is -2.18. The third-order valence-electron chi connectivity index (χ3n) is 1.74. The van der Waals surface area contributed by atoms with Crippen molar-refractivity contribution in [3.05, 3.63) is 0 Å². The maximum Gasteiger partial charge on any atom is 0.328 e. The van der Waals surface area contributed by atoms with Gasteiger partial charge in [-0.3, -0.25) is 4.79 Å². The molecule has 0 aromatic rings. The zero-order valence-electron chi connectivity index (χ0n) is 8.10. The Labute approximate surface area is 81.5 Å². The molecule has 0 aliphatic rings. The quantitative estimate of drug-likeness (QED) is 0.446. The van der Waals surface area contributed by atoms with Crippen LogP contribution in [0.15, 0.2) is 0 Å². The van der Waals surface area contributed by atoms with Gasteiger partial charge in [0.2, 0.25) is 5.91 Å². The minimum absolute atomic E-state index is 0.192. The summed E-state index contributed by atoms with van der Waals surface area (Å²) in [5.41, 5.74) is 0. The summed E-state index contributed by atoms with van der Waals surface area (Å²) < 4.78 is 0. The number of nitrogens with one attached hydrogen (secondary N) is 1. The molecule has 0 aromatic heterocycles. The molecule has 1 unspecified atom stereocenters. The molecule has 0 radical (unpaired) electrons. The molecular formula is C8H15NO5. The van der Waals surface area contributed by atoms with Crippen LogP contribution in [0.5, 0.6) is 0 Å². The van der Waals surface area contributed by atoms with Gasteiger partial charge in [-0.1, -0.05) is 6.92 Å². The normalized spacial score (nSPS) is 16.9. The number of hydrogen-bond donors (Lipinski definition) is 4. The van der Waals surface area contributed by atoms with Crippen LogP contribution < -0.4 is 5.32 Å². The van der Waals surface area contributed by atoms with E-state index in [4.69, 9.17) is 15.3 Å². The van der Waals surface area contributed by atoms with Crippen molar-refractivity contribution in [3.8, 4) is 0 Å². The van der Waals surface area contributed by atoms with Crippen LogP contribution in [0.2, 0.25) is 0 Å². The highest BCUT2D eigenvalue weighted by Crippen LogP contribution is 1.96.